The Morgan fingerprint density at radius 2 is 2.25 bits per heavy atom. The van der Waals surface area contributed by atoms with Gasteiger partial charge >= 0.3 is 0 Å². The predicted octanol–water partition coefficient (Wildman–Crippen LogP) is 1.97. The van der Waals surface area contributed by atoms with Gasteiger partial charge in [0.05, 0.1) is 0 Å². The molecule has 2 aliphatic carbocycles. The van der Waals surface area contributed by atoms with Gasteiger partial charge in [-0.3, -0.25) is 0 Å². The van der Waals surface area contributed by atoms with Crippen LogP contribution in [-0.2, 0) is 0 Å². The molecule has 86 valence electrons. The maximum Gasteiger partial charge on any atom is 0.221 e. The highest BCUT2D eigenvalue weighted by Gasteiger charge is 2.39. The molecule has 0 saturated heterocycles. The highest BCUT2D eigenvalue weighted by atomic mass is 15.1. The van der Waals surface area contributed by atoms with Crippen molar-refractivity contribution in [1.29, 1.82) is 0 Å². The number of nitrogen functional groups attached to an aromatic ring is 1. The fraction of sp³-hybridized carbons (Fsp3) is 0.667. The summed E-state index contributed by atoms with van der Waals surface area (Å²) in [7, 11) is 0. The molecular formula is C12H18N4. The zero-order valence-electron chi connectivity index (χ0n) is 9.61. The van der Waals surface area contributed by atoms with Crippen molar-refractivity contribution in [1.82, 2.24) is 9.97 Å². The molecule has 0 radical (unpaired) electrons. The highest BCUT2D eigenvalue weighted by Crippen LogP contribution is 2.45. The van der Waals surface area contributed by atoms with E-state index in [9.17, 15) is 0 Å². The molecule has 0 amide bonds. The summed E-state index contributed by atoms with van der Waals surface area (Å²) in [6, 6.07) is 0.603. The molecule has 0 aliphatic heterocycles. The minimum atomic E-state index is 0.358. The van der Waals surface area contributed by atoms with Crippen LogP contribution in [0.3, 0.4) is 0 Å². The second-order valence-corrected chi connectivity index (χ2v) is 5.19. The van der Waals surface area contributed by atoms with Crippen molar-refractivity contribution in [2.75, 3.05) is 11.1 Å². The number of rotatable bonds is 2. The van der Waals surface area contributed by atoms with Crippen molar-refractivity contribution in [2.45, 2.75) is 38.6 Å². The Hall–Kier alpha value is -1.32. The molecule has 2 aliphatic rings. The highest BCUT2D eigenvalue weighted by molar-refractivity contribution is 5.46. The van der Waals surface area contributed by atoms with Crippen LogP contribution in [0.2, 0.25) is 0 Å². The molecule has 0 spiro atoms. The summed E-state index contributed by atoms with van der Waals surface area (Å²) >= 11 is 0. The van der Waals surface area contributed by atoms with Crippen molar-refractivity contribution < 1.29 is 0 Å². The number of nitrogens with zero attached hydrogens (tertiary/aromatic N) is 2. The Balaban J connectivity index is 1.76. The average Bonchev–Trinajstić information content (AvgIpc) is 2.85. The molecule has 2 fully saturated rings. The normalized spacial score (nSPS) is 31.9. The van der Waals surface area contributed by atoms with Crippen LogP contribution in [0.25, 0.3) is 0 Å². The molecular weight excluding hydrogens is 200 g/mol. The molecule has 3 unspecified atom stereocenters. The number of hydrogen-bond acceptors (Lipinski definition) is 4. The van der Waals surface area contributed by atoms with Crippen LogP contribution in [0.4, 0.5) is 11.8 Å². The third-order valence-corrected chi connectivity index (χ3v) is 4.05. The number of aryl methyl sites for hydroxylation is 1. The van der Waals surface area contributed by atoms with Gasteiger partial charge in [-0.15, -0.1) is 0 Å². The number of aromatic nitrogens is 2. The lowest BCUT2D eigenvalue weighted by molar-refractivity contribution is 0.439. The minimum Gasteiger partial charge on any atom is -0.368 e. The largest absolute Gasteiger partial charge is 0.368 e. The molecule has 4 heteroatoms. The molecule has 1 heterocycles. The fourth-order valence-corrected chi connectivity index (χ4v) is 3.20. The monoisotopic (exact) mass is 218 g/mol. The van der Waals surface area contributed by atoms with Crippen molar-refractivity contribution in [3.63, 3.8) is 0 Å². The number of nitrogens with one attached hydrogen (secondary N) is 1. The summed E-state index contributed by atoms with van der Waals surface area (Å²) in [5, 5.41) is 3.55. The van der Waals surface area contributed by atoms with Crippen LogP contribution in [0, 0.1) is 18.8 Å². The van der Waals surface area contributed by atoms with Crippen molar-refractivity contribution in [3.05, 3.63) is 11.8 Å². The average molecular weight is 218 g/mol. The van der Waals surface area contributed by atoms with Gasteiger partial charge in [0.1, 0.15) is 5.82 Å². The SMILES string of the molecule is Cc1cnc(N)nc1NC1CC2CCC1C2. The van der Waals surface area contributed by atoms with Crippen LogP contribution >= 0.6 is 0 Å². The van der Waals surface area contributed by atoms with E-state index in [2.05, 4.69) is 15.3 Å². The lowest BCUT2D eigenvalue weighted by Gasteiger charge is -2.24. The second-order valence-electron chi connectivity index (χ2n) is 5.19. The quantitative estimate of drug-likeness (QED) is 0.796. The molecule has 4 nitrogen and oxygen atoms in total. The molecule has 1 aromatic rings. The van der Waals surface area contributed by atoms with E-state index in [1.54, 1.807) is 6.20 Å². The molecule has 3 N–H and O–H groups in total. The first-order valence-corrected chi connectivity index (χ1v) is 6.08. The number of nitrogens with two attached hydrogens (primary N) is 1. The molecule has 3 rings (SSSR count). The second kappa shape index (κ2) is 3.61. The van der Waals surface area contributed by atoms with Crippen LogP contribution in [0.1, 0.15) is 31.2 Å². The summed E-state index contributed by atoms with van der Waals surface area (Å²) in [4.78, 5) is 8.26. The Morgan fingerprint density at radius 1 is 1.38 bits per heavy atom. The van der Waals surface area contributed by atoms with Crippen LogP contribution < -0.4 is 11.1 Å². The van der Waals surface area contributed by atoms with Gasteiger partial charge in [0, 0.05) is 17.8 Å². The Bertz CT molecular complexity index is 404. The van der Waals surface area contributed by atoms with Gasteiger partial charge in [-0.1, -0.05) is 6.42 Å². The Labute approximate surface area is 95.7 Å². The summed E-state index contributed by atoms with van der Waals surface area (Å²) in [5.41, 5.74) is 6.70. The lowest BCUT2D eigenvalue weighted by Crippen LogP contribution is -2.27. The first kappa shape index (κ1) is 9.87. The van der Waals surface area contributed by atoms with E-state index in [1.165, 1.54) is 25.7 Å². The van der Waals surface area contributed by atoms with E-state index < -0.39 is 0 Å². The Kier molecular flexibility index (Phi) is 2.23. The summed E-state index contributed by atoms with van der Waals surface area (Å²) in [6.07, 6.45) is 7.29. The molecule has 16 heavy (non-hydrogen) atoms. The summed E-state index contributed by atoms with van der Waals surface area (Å²) < 4.78 is 0. The fourth-order valence-electron chi connectivity index (χ4n) is 3.20. The van der Waals surface area contributed by atoms with Crippen molar-refractivity contribution in [2.24, 2.45) is 11.8 Å². The number of hydrogen-bond donors (Lipinski definition) is 2. The van der Waals surface area contributed by atoms with Gasteiger partial charge in [0.2, 0.25) is 5.95 Å². The molecule has 2 bridgehead atoms. The lowest BCUT2D eigenvalue weighted by atomic mass is 9.95. The molecule has 1 aromatic heterocycles. The van der Waals surface area contributed by atoms with Crippen molar-refractivity contribution >= 4 is 11.8 Å². The van der Waals surface area contributed by atoms with Crippen molar-refractivity contribution in [3.8, 4) is 0 Å². The number of fused-ring (bicyclic) bond motifs is 2. The van der Waals surface area contributed by atoms with Gasteiger partial charge in [-0.2, -0.15) is 4.98 Å². The Morgan fingerprint density at radius 3 is 2.94 bits per heavy atom. The van der Waals surface area contributed by atoms with Gasteiger partial charge < -0.3 is 11.1 Å². The summed E-state index contributed by atoms with van der Waals surface area (Å²) in [6.45, 7) is 2.02. The van der Waals surface area contributed by atoms with E-state index in [0.717, 1.165) is 23.2 Å². The molecule has 3 atom stereocenters. The van der Waals surface area contributed by atoms with Crippen LogP contribution in [0.15, 0.2) is 6.20 Å². The van der Waals surface area contributed by atoms with E-state index >= 15 is 0 Å². The van der Waals surface area contributed by atoms with Crippen LogP contribution in [-0.4, -0.2) is 16.0 Å². The predicted molar refractivity (Wildman–Crippen MR) is 64.0 cm³/mol. The maximum atomic E-state index is 5.62. The first-order chi connectivity index (χ1) is 7.72. The van der Waals surface area contributed by atoms with Gasteiger partial charge in [-0.25, -0.2) is 4.98 Å². The zero-order valence-corrected chi connectivity index (χ0v) is 9.61. The van der Waals surface area contributed by atoms with E-state index in [4.69, 9.17) is 5.73 Å². The zero-order chi connectivity index (χ0) is 11.1. The van der Waals surface area contributed by atoms with E-state index in [-0.39, 0.29) is 0 Å². The smallest absolute Gasteiger partial charge is 0.221 e. The third kappa shape index (κ3) is 1.62. The minimum absolute atomic E-state index is 0.358. The van der Waals surface area contributed by atoms with Crippen LogP contribution in [0.5, 0.6) is 0 Å². The summed E-state index contributed by atoms with van der Waals surface area (Å²) in [5.74, 6) is 3.07. The van der Waals surface area contributed by atoms with Gasteiger partial charge in [0.25, 0.3) is 0 Å². The van der Waals surface area contributed by atoms with E-state index in [0.29, 0.717) is 12.0 Å². The standard InChI is InChI=1S/C12H18N4/c1-7-6-14-12(13)16-11(7)15-10-5-8-2-3-9(10)4-8/h6,8-10H,2-5H2,1H3,(H3,13,14,15,16). The van der Waals surface area contributed by atoms with Gasteiger partial charge in [-0.05, 0) is 38.0 Å². The maximum absolute atomic E-state index is 5.62. The molecule has 0 aromatic carbocycles. The van der Waals surface area contributed by atoms with E-state index in [1.807, 2.05) is 6.92 Å². The third-order valence-electron chi connectivity index (χ3n) is 4.05. The first-order valence-electron chi connectivity index (χ1n) is 6.08. The van der Waals surface area contributed by atoms with Gasteiger partial charge in [0.15, 0.2) is 0 Å². The molecule has 2 saturated carbocycles. The number of anilines is 2. The topological polar surface area (TPSA) is 63.8 Å².